The van der Waals surface area contributed by atoms with Crippen LogP contribution in [0.2, 0.25) is 10.0 Å². The summed E-state index contributed by atoms with van der Waals surface area (Å²) in [6.07, 6.45) is 9.12. The number of benzene rings is 2. The molecule has 2 aromatic carbocycles. The molecule has 234 valence electrons. The molecule has 10 heteroatoms. The molecule has 2 aromatic rings. The normalized spacial score (nSPS) is 25.0. The van der Waals surface area contributed by atoms with Crippen molar-refractivity contribution in [3.8, 4) is 0 Å². The molecule has 0 saturated heterocycles. The molecule has 0 unspecified atom stereocenters. The van der Waals surface area contributed by atoms with Gasteiger partial charge in [0.05, 0.1) is 11.9 Å². The molecule has 1 N–H and O–H groups in total. The van der Waals surface area contributed by atoms with E-state index < -0.39 is 28.5 Å². The Morgan fingerprint density at radius 3 is 1.95 bits per heavy atom. The molecule has 2 amide bonds. The number of halogens is 2. The molecular weight excluding hydrogens is 605 g/mol. The molecule has 4 aliphatic rings. The highest BCUT2D eigenvalue weighted by molar-refractivity contribution is 7.92. The van der Waals surface area contributed by atoms with Gasteiger partial charge >= 0.3 is 0 Å². The Bertz CT molecular complexity index is 1410. The molecule has 4 bridgehead atoms. The van der Waals surface area contributed by atoms with Gasteiger partial charge in [-0.15, -0.1) is 0 Å². The van der Waals surface area contributed by atoms with Gasteiger partial charge in [0.2, 0.25) is 21.8 Å². The number of sulfonamides is 1. The minimum atomic E-state index is -3.83. The number of nitrogens with one attached hydrogen (secondary N) is 1. The fraction of sp³-hybridized carbons (Fsp3) is 0.576. The zero-order valence-electron chi connectivity index (χ0n) is 25.5. The van der Waals surface area contributed by atoms with E-state index >= 15 is 0 Å². The lowest BCUT2D eigenvalue weighted by atomic mass is 9.48. The van der Waals surface area contributed by atoms with E-state index in [9.17, 15) is 18.0 Å². The summed E-state index contributed by atoms with van der Waals surface area (Å²) >= 11 is 12.9. The van der Waals surface area contributed by atoms with Crippen molar-refractivity contribution in [1.29, 1.82) is 0 Å². The topological polar surface area (TPSA) is 86.8 Å². The summed E-state index contributed by atoms with van der Waals surface area (Å²) in [5.41, 5.74) is 2.39. The van der Waals surface area contributed by atoms with Crippen LogP contribution in [0.1, 0.15) is 76.8 Å². The van der Waals surface area contributed by atoms with Gasteiger partial charge in [-0.2, -0.15) is 0 Å². The second-order valence-electron chi connectivity index (χ2n) is 13.3. The van der Waals surface area contributed by atoms with Crippen molar-refractivity contribution in [3.05, 3.63) is 63.6 Å². The molecule has 43 heavy (non-hydrogen) atoms. The van der Waals surface area contributed by atoms with Gasteiger partial charge in [0.25, 0.3) is 0 Å². The highest BCUT2D eigenvalue weighted by atomic mass is 35.5. The molecule has 4 saturated carbocycles. The molecule has 0 aliphatic heterocycles. The van der Waals surface area contributed by atoms with Crippen molar-refractivity contribution >= 4 is 50.7 Å². The number of anilines is 1. The smallest absolute Gasteiger partial charge is 0.244 e. The second kappa shape index (κ2) is 12.6. The average Bonchev–Trinajstić information content (AvgIpc) is 2.91. The third-order valence-electron chi connectivity index (χ3n) is 9.69. The fourth-order valence-corrected chi connectivity index (χ4v) is 9.58. The van der Waals surface area contributed by atoms with Crippen LogP contribution in [0, 0.1) is 17.8 Å². The maximum absolute atomic E-state index is 14.0. The Kier molecular flexibility index (Phi) is 9.41. The lowest BCUT2D eigenvalue weighted by molar-refractivity contribution is -0.140. The van der Waals surface area contributed by atoms with Crippen molar-refractivity contribution in [1.82, 2.24) is 10.2 Å². The predicted octanol–water partition coefficient (Wildman–Crippen LogP) is 6.56. The number of rotatable bonds is 11. The first-order valence-corrected chi connectivity index (χ1v) is 18.0. The van der Waals surface area contributed by atoms with Crippen molar-refractivity contribution in [3.63, 3.8) is 0 Å². The molecule has 1 atom stereocenters. The summed E-state index contributed by atoms with van der Waals surface area (Å²) in [5, 5.41) is 3.62. The van der Waals surface area contributed by atoms with Crippen LogP contribution < -0.4 is 9.62 Å². The summed E-state index contributed by atoms with van der Waals surface area (Å²) in [4.78, 5) is 28.7. The van der Waals surface area contributed by atoms with E-state index in [1.807, 2.05) is 32.9 Å². The Balaban J connectivity index is 1.43. The highest BCUT2D eigenvalue weighted by Crippen LogP contribution is 2.60. The van der Waals surface area contributed by atoms with E-state index in [2.05, 4.69) is 17.4 Å². The van der Waals surface area contributed by atoms with Gasteiger partial charge in [0.1, 0.15) is 12.6 Å². The molecule has 0 aromatic heterocycles. The monoisotopic (exact) mass is 647 g/mol. The first-order valence-electron chi connectivity index (χ1n) is 15.4. The van der Waals surface area contributed by atoms with Crippen LogP contribution in [0.3, 0.4) is 0 Å². The van der Waals surface area contributed by atoms with Crippen LogP contribution in [0.15, 0.2) is 42.5 Å². The SMILES string of the molecule is CC[C@H](C(=O)NC(C)C)N(Cc1c(Cl)cccc1Cl)C(=O)CN(c1ccc(C23CC4CC(CC(C4)C2)C3)cc1)S(C)(=O)=O. The predicted molar refractivity (Wildman–Crippen MR) is 173 cm³/mol. The van der Waals surface area contributed by atoms with Crippen LogP contribution in [-0.4, -0.2) is 50.0 Å². The molecule has 6 rings (SSSR count). The first-order chi connectivity index (χ1) is 20.3. The van der Waals surface area contributed by atoms with Crippen LogP contribution in [0.4, 0.5) is 5.69 Å². The van der Waals surface area contributed by atoms with Crippen LogP contribution in [-0.2, 0) is 31.6 Å². The van der Waals surface area contributed by atoms with Gasteiger partial charge in [-0.1, -0.05) is 48.3 Å². The summed E-state index contributed by atoms with van der Waals surface area (Å²) in [6.45, 7) is 5.02. The van der Waals surface area contributed by atoms with Crippen LogP contribution in [0.25, 0.3) is 0 Å². The van der Waals surface area contributed by atoms with Crippen molar-refractivity contribution in [2.75, 3.05) is 17.1 Å². The Morgan fingerprint density at radius 1 is 0.953 bits per heavy atom. The zero-order valence-corrected chi connectivity index (χ0v) is 27.8. The maximum Gasteiger partial charge on any atom is 0.244 e. The van der Waals surface area contributed by atoms with Gasteiger partial charge < -0.3 is 10.2 Å². The van der Waals surface area contributed by atoms with E-state index in [1.54, 1.807) is 18.2 Å². The van der Waals surface area contributed by atoms with Gasteiger partial charge in [0, 0.05) is 28.2 Å². The molecule has 0 radical (unpaired) electrons. The van der Waals surface area contributed by atoms with E-state index in [0.29, 0.717) is 27.7 Å². The fourth-order valence-electron chi connectivity index (χ4n) is 8.21. The minimum Gasteiger partial charge on any atom is -0.352 e. The van der Waals surface area contributed by atoms with Crippen LogP contribution >= 0.6 is 23.2 Å². The molecule has 4 aliphatic carbocycles. The zero-order chi connectivity index (χ0) is 31.1. The number of carbonyl (C=O) groups excluding carboxylic acids is 2. The third kappa shape index (κ3) is 6.86. The molecule has 0 heterocycles. The van der Waals surface area contributed by atoms with E-state index in [0.717, 1.165) is 28.3 Å². The largest absolute Gasteiger partial charge is 0.352 e. The van der Waals surface area contributed by atoms with Gasteiger partial charge in [-0.3, -0.25) is 13.9 Å². The van der Waals surface area contributed by atoms with Crippen molar-refractivity contribution in [2.24, 2.45) is 17.8 Å². The first kappa shape index (κ1) is 32.1. The molecule has 4 fully saturated rings. The number of nitrogens with zero attached hydrogens (tertiary/aromatic N) is 2. The minimum absolute atomic E-state index is 0.0378. The second-order valence-corrected chi connectivity index (χ2v) is 16.0. The van der Waals surface area contributed by atoms with Gasteiger partial charge in [-0.05, 0) is 112 Å². The lowest BCUT2D eigenvalue weighted by Crippen LogP contribution is -2.53. The Morgan fingerprint density at radius 2 is 1.49 bits per heavy atom. The Hall–Kier alpha value is -2.29. The maximum atomic E-state index is 14.0. The quantitative estimate of drug-likeness (QED) is 0.299. The average molecular weight is 649 g/mol. The number of hydrogen-bond acceptors (Lipinski definition) is 4. The summed E-state index contributed by atoms with van der Waals surface area (Å²) in [5.74, 6) is 1.56. The van der Waals surface area contributed by atoms with Crippen molar-refractivity contribution in [2.45, 2.75) is 89.8 Å². The number of amides is 2. The molecular formula is C33H43Cl2N3O4S. The van der Waals surface area contributed by atoms with Crippen LogP contribution in [0.5, 0.6) is 0 Å². The number of hydrogen-bond donors (Lipinski definition) is 1. The molecule has 7 nitrogen and oxygen atoms in total. The van der Waals surface area contributed by atoms with E-state index in [4.69, 9.17) is 23.2 Å². The standard InChI is InChI=1S/C33H43Cl2N3O4S/c1-5-30(32(40)36-21(2)3)37(19-27-28(34)7-6-8-29(27)35)31(39)20-38(43(4,41)42)26-11-9-25(10-12-26)33-16-22-13-23(17-33)15-24(14-22)18-33/h6-12,21-24,30H,5,13-20H2,1-4H3,(H,36,40)/t22?,23?,24?,30-,33?/m1/s1. The van der Waals surface area contributed by atoms with E-state index in [1.165, 1.54) is 49.0 Å². The number of carbonyl (C=O) groups is 2. The highest BCUT2D eigenvalue weighted by Gasteiger charge is 2.51. The third-order valence-corrected chi connectivity index (χ3v) is 11.5. The van der Waals surface area contributed by atoms with Crippen molar-refractivity contribution < 1.29 is 18.0 Å². The van der Waals surface area contributed by atoms with Gasteiger partial charge in [-0.25, -0.2) is 8.42 Å². The summed E-state index contributed by atoms with van der Waals surface area (Å²) < 4.78 is 27.4. The summed E-state index contributed by atoms with van der Waals surface area (Å²) in [6, 6.07) is 11.9. The molecule has 0 spiro atoms. The van der Waals surface area contributed by atoms with Gasteiger partial charge in [0.15, 0.2) is 0 Å². The Labute approximate surface area is 266 Å². The van der Waals surface area contributed by atoms with E-state index in [-0.39, 0.29) is 23.9 Å². The lowest BCUT2D eigenvalue weighted by Gasteiger charge is -2.57. The summed E-state index contributed by atoms with van der Waals surface area (Å²) in [7, 11) is -3.83.